The Balaban J connectivity index is 2.01. The van der Waals surface area contributed by atoms with Crippen LogP contribution in [0.15, 0.2) is 45.8 Å². The van der Waals surface area contributed by atoms with E-state index >= 15 is 0 Å². The molecule has 2 aromatic carbocycles. The highest BCUT2D eigenvalue weighted by molar-refractivity contribution is 9.10. The van der Waals surface area contributed by atoms with Gasteiger partial charge in [-0.25, -0.2) is 0 Å². The maximum absolute atomic E-state index is 12.1. The van der Waals surface area contributed by atoms with Crippen molar-refractivity contribution >= 4 is 50.9 Å². The average Bonchev–Trinajstić information content (AvgIpc) is 2.55. The van der Waals surface area contributed by atoms with Crippen molar-refractivity contribution in [1.82, 2.24) is 0 Å². The number of anilines is 1. The number of rotatable bonds is 6. The Morgan fingerprint density at radius 2 is 1.78 bits per heavy atom. The van der Waals surface area contributed by atoms with Crippen LogP contribution in [0.3, 0.4) is 0 Å². The molecule has 0 fully saturated rings. The number of benzene rings is 2. The molecule has 0 radical (unpaired) electrons. The largest absolute Gasteiger partial charge is 0.493 e. The first-order valence-electron chi connectivity index (χ1n) is 6.63. The lowest BCUT2D eigenvalue weighted by molar-refractivity contribution is -0.113. The first-order valence-corrected chi connectivity index (χ1v) is 8.79. The van der Waals surface area contributed by atoms with Crippen molar-refractivity contribution in [2.75, 3.05) is 25.3 Å². The van der Waals surface area contributed by atoms with Crippen LogP contribution in [0, 0.1) is 0 Å². The average molecular weight is 417 g/mol. The smallest absolute Gasteiger partial charge is 0.234 e. The number of carbonyl (C=O) groups is 1. The number of ether oxygens (including phenoxy) is 2. The van der Waals surface area contributed by atoms with Crippen LogP contribution in [0.2, 0.25) is 5.02 Å². The number of hydrogen-bond donors (Lipinski definition) is 1. The van der Waals surface area contributed by atoms with Gasteiger partial charge < -0.3 is 14.8 Å². The van der Waals surface area contributed by atoms with Crippen molar-refractivity contribution in [3.63, 3.8) is 0 Å². The van der Waals surface area contributed by atoms with Gasteiger partial charge >= 0.3 is 0 Å². The van der Waals surface area contributed by atoms with E-state index in [4.69, 9.17) is 21.1 Å². The van der Waals surface area contributed by atoms with E-state index in [-0.39, 0.29) is 11.7 Å². The van der Waals surface area contributed by atoms with Crippen molar-refractivity contribution < 1.29 is 14.3 Å². The zero-order valence-corrected chi connectivity index (χ0v) is 15.7. The maximum atomic E-state index is 12.1. The Morgan fingerprint density at radius 3 is 2.39 bits per heavy atom. The summed E-state index contributed by atoms with van der Waals surface area (Å²) in [7, 11) is 3.06. The quantitative estimate of drug-likeness (QED) is 0.684. The molecular formula is C16H15BrClNO3S. The first-order chi connectivity index (χ1) is 11.0. The number of nitrogens with one attached hydrogen (secondary N) is 1. The number of thioether (sulfide) groups is 1. The molecule has 0 spiro atoms. The third-order valence-electron chi connectivity index (χ3n) is 2.93. The van der Waals surface area contributed by atoms with E-state index in [0.29, 0.717) is 22.2 Å². The van der Waals surface area contributed by atoms with Gasteiger partial charge in [-0.2, -0.15) is 0 Å². The highest BCUT2D eigenvalue weighted by Crippen LogP contribution is 2.36. The summed E-state index contributed by atoms with van der Waals surface area (Å²) < 4.78 is 11.4. The lowest BCUT2D eigenvalue weighted by atomic mass is 10.2. The Labute approximate surface area is 152 Å². The van der Waals surface area contributed by atoms with E-state index < -0.39 is 0 Å². The van der Waals surface area contributed by atoms with Crippen LogP contribution in [0.5, 0.6) is 11.5 Å². The third kappa shape index (κ3) is 5.06. The Hall–Kier alpha value is -1.37. The van der Waals surface area contributed by atoms with Crippen LogP contribution in [0.4, 0.5) is 5.69 Å². The molecule has 0 aliphatic heterocycles. The van der Waals surface area contributed by atoms with Crippen LogP contribution >= 0.6 is 39.3 Å². The number of carbonyl (C=O) groups excluding carboxylic acids is 1. The highest BCUT2D eigenvalue weighted by atomic mass is 79.9. The van der Waals surface area contributed by atoms with E-state index in [0.717, 1.165) is 9.37 Å². The summed E-state index contributed by atoms with van der Waals surface area (Å²) in [4.78, 5) is 13.1. The van der Waals surface area contributed by atoms with Crippen molar-refractivity contribution in [2.24, 2.45) is 0 Å². The van der Waals surface area contributed by atoms with Crippen molar-refractivity contribution in [1.29, 1.82) is 0 Å². The lowest BCUT2D eigenvalue weighted by Gasteiger charge is -2.12. The molecule has 23 heavy (non-hydrogen) atoms. The lowest BCUT2D eigenvalue weighted by Crippen LogP contribution is -2.14. The summed E-state index contributed by atoms with van der Waals surface area (Å²) in [5.41, 5.74) is 0.491. The monoisotopic (exact) mass is 415 g/mol. The molecule has 7 heteroatoms. The fourth-order valence-electron chi connectivity index (χ4n) is 1.82. The Kier molecular flexibility index (Phi) is 6.62. The maximum Gasteiger partial charge on any atom is 0.234 e. The molecule has 2 rings (SSSR count). The second-order valence-corrected chi connectivity index (χ2v) is 6.85. The minimum atomic E-state index is -0.146. The number of amides is 1. The molecule has 0 saturated heterocycles. The molecule has 0 aromatic heterocycles. The summed E-state index contributed by atoms with van der Waals surface area (Å²) in [5, 5.41) is 3.17. The molecule has 0 aliphatic carbocycles. The molecule has 0 atom stereocenters. The van der Waals surface area contributed by atoms with Gasteiger partial charge in [0.05, 0.1) is 30.7 Å². The standard InChI is InChI=1S/C16H15BrClNO3S/c1-21-14-7-12(18)13(8-15(14)22-2)19-16(20)9-23-11-5-3-10(17)4-6-11/h3-8H,9H2,1-2H3,(H,19,20). The predicted molar refractivity (Wildman–Crippen MR) is 98.1 cm³/mol. The van der Waals surface area contributed by atoms with Gasteiger partial charge in [-0.15, -0.1) is 11.8 Å². The molecule has 4 nitrogen and oxygen atoms in total. The zero-order chi connectivity index (χ0) is 16.8. The summed E-state index contributed by atoms with van der Waals surface area (Å²) >= 11 is 11.0. The van der Waals surface area contributed by atoms with Crippen molar-refractivity contribution in [2.45, 2.75) is 4.90 Å². The predicted octanol–water partition coefficient (Wildman–Crippen LogP) is 4.85. The Bertz CT molecular complexity index is 694. The topological polar surface area (TPSA) is 47.6 Å². The summed E-state index contributed by atoms with van der Waals surface area (Å²) in [5.74, 6) is 1.16. The molecule has 1 N–H and O–H groups in total. The molecule has 0 saturated carbocycles. The molecule has 0 aliphatic rings. The fraction of sp³-hybridized carbons (Fsp3) is 0.188. The summed E-state index contributed by atoms with van der Waals surface area (Å²) in [6, 6.07) is 11.0. The first kappa shape index (κ1) is 18.0. The van der Waals surface area contributed by atoms with Crippen LogP contribution < -0.4 is 14.8 Å². The summed E-state index contributed by atoms with van der Waals surface area (Å²) in [6.45, 7) is 0. The van der Waals surface area contributed by atoms with E-state index in [9.17, 15) is 4.79 Å². The molecule has 0 bridgehead atoms. The SMILES string of the molecule is COc1cc(Cl)c(NC(=O)CSc2ccc(Br)cc2)cc1OC. The highest BCUT2D eigenvalue weighted by Gasteiger charge is 2.12. The van der Waals surface area contributed by atoms with E-state index in [2.05, 4.69) is 21.2 Å². The van der Waals surface area contributed by atoms with Gasteiger partial charge in [-0.1, -0.05) is 27.5 Å². The van der Waals surface area contributed by atoms with E-state index in [1.807, 2.05) is 24.3 Å². The molecule has 2 aromatic rings. The molecule has 0 heterocycles. The van der Waals surface area contributed by atoms with E-state index in [1.165, 1.54) is 26.0 Å². The summed E-state index contributed by atoms with van der Waals surface area (Å²) in [6.07, 6.45) is 0. The number of halogens is 2. The van der Waals surface area contributed by atoms with Gasteiger partial charge in [0, 0.05) is 21.5 Å². The van der Waals surface area contributed by atoms with Gasteiger partial charge in [0.25, 0.3) is 0 Å². The number of hydrogen-bond acceptors (Lipinski definition) is 4. The van der Waals surface area contributed by atoms with Crippen molar-refractivity contribution in [3.8, 4) is 11.5 Å². The van der Waals surface area contributed by atoms with Crippen LogP contribution in [-0.4, -0.2) is 25.9 Å². The van der Waals surface area contributed by atoms with Crippen molar-refractivity contribution in [3.05, 3.63) is 45.9 Å². The van der Waals surface area contributed by atoms with E-state index in [1.54, 1.807) is 12.1 Å². The van der Waals surface area contributed by atoms with Gasteiger partial charge in [-0.05, 0) is 24.3 Å². The normalized spacial score (nSPS) is 10.3. The van der Waals surface area contributed by atoms with Gasteiger partial charge in [0.15, 0.2) is 11.5 Å². The van der Waals surface area contributed by atoms with Crippen LogP contribution in [0.25, 0.3) is 0 Å². The van der Waals surface area contributed by atoms with Gasteiger partial charge in [0.1, 0.15) is 0 Å². The minimum absolute atomic E-state index is 0.146. The number of methoxy groups -OCH3 is 2. The van der Waals surface area contributed by atoms with Gasteiger partial charge in [-0.3, -0.25) is 4.79 Å². The van der Waals surface area contributed by atoms with Crippen LogP contribution in [0.1, 0.15) is 0 Å². The minimum Gasteiger partial charge on any atom is -0.493 e. The fourth-order valence-corrected chi connectivity index (χ4v) is 2.98. The second-order valence-electron chi connectivity index (χ2n) is 4.48. The molecule has 0 unspecified atom stereocenters. The van der Waals surface area contributed by atoms with Crippen LogP contribution in [-0.2, 0) is 4.79 Å². The molecular weight excluding hydrogens is 402 g/mol. The van der Waals surface area contributed by atoms with Gasteiger partial charge in [0.2, 0.25) is 5.91 Å². The molecule has 1 amide bonds. The Morgan fingerprint density at radius 1 is 1.17 bits per heavy atom. The second kappa shape index (κ2) is 8.47. The third-order valence-corrected chi connectivity index (χ3v) is 4.78. The molecule has 122 valence electrons. The zero-order valence-electron chi connectivity index (χ0n) is 12.6.